The van der Waals surface area contributed by atoms with E-state index in [2.05, 4.69) is 12.3 Å². The molecule has 0 bridgehead atoms. The van der Waals surface area contributed by atoms with Gasteiger partial charge < -0.3 is 4.74 Å². The average molecular weight is 334 g/mol. The molecule has 0 aliphatic carbocycles. The summed E-state index contributed by atoms with van der Waals surface area (Å²) in [5, 5.41) is 1.22. The van der Waals surface area contributed by atoms with Gasteiger partial charge in [-0.15, -0.1) is 0 Å². The third-order valence-corrected chi connectivity index (χ3v) is 3.68. The number of rotatable bonds is 11. The van der Waals surface area contributed by atoms with Crippen molar-refractivity contribution < 1.29 is 19.1 Å². The molecular weight excluding hydrogens is 308 g/mol. The molecule has 6 nitrogen and oxygen atoms in total. The molecule has 1 aromatic rings. The summed E-state index contributed by atoms with van der Waals surface area (Å²) in [6, 6.07) is 8.70. The predicted octanol–water partition coefficient (Wildman–Crippen LogP) is 1.88. The highest BCUT2D eigenvalue weighted by atomic mass is 16.5. The van der Waals surface area contributed by atoms with Crippen LogP contribution in [0.4, 0.5) is 0 Å². The van der Waals surface area contributed by atoms with Gasteiger partial charge in [0.1, 0.15) is 6.04 Å². The molecule has 24 heavy (non-hydrogen) atoms. The lowest BCUT2D eigenvalue weighted by Crippen LogP contribution is -2.53. The van der Waals surface area contributed by atoms with E-state index in [4.69, 9.17) is 4.74 Å². The lowest BCUT2D eigenvalue weighted by Gasteiger charge is -2.26. The summed E-state index contributed by atoms with van der Waals surface area (Å²) >= 11 is 0. The molecule has 0 spiro atoms. The molecule has 0 saturated carbocycles. The zero-order chi connectivity index (χ0) is 17.8. The van der Waals surface area contributed by atoms with Gasteiger partial charge in [0.15, 0.2) is 0 Å². The number of carbonyl (C=O) groups excluding carboxylic acids is 3. The van der Waals surface area contributed by atoms with Crippen LogP contribution >= 0.6 is 0 Å². The molecule has 1 N–H and O–H groups in total. The van der Waals surface area contributed by atoms with Crippen molar-refractivity contribution in [3.63, 3.8) is 0 Å². The minimum absolute atomic E-state index is 0.254. The van der Waals surface area contributed by atoms with Gasteiger partial charge in [0.05, 0.1) is 7.11 Å². The van der Waals surface area contributed by atoms with Gasteiger partial charge >= 0.3 is 11.9 Å². The first-order chi connectivity index (χ1) is 11.6. The number of methoxy groups -OCH3 is 1. The normalized spacial score (nSPS) is 11.6. The Hall–Kier alpha value is -2.21. The molecule has 132 valence electrons. The van der Waals surface area contributed by atoms with Crippen LogP contribution in [0.1, 0.15) is 38.2 Å². The molecule has 6 heteroatoms. The minimum Gasteiger partial charge on any atom is -0.468 e. The van der Waals surface area contributed by atoms with Crippen LogP contribution in [0.2, 0.25) is 0 Å². The first-order valence-electron chi connectivity index (χ1n) is 8.27. The number of hydrazine groups is 1. The monoisotopic (exact) mass is 334 g/mol. The van der Waals surface area contributed by atoms with Crippen molar-refractivity contribution in [2.24, 2.45) is 0 Å². The molecule has 0 unspecified atom stereocenters. The number of amides is 1. The van der Waals surface area contributed by atoms with Crippen LogP contribution in [-0.4, -0.2) is 42.9 Å². The molecule has 1 atom stereocenters. The minimum atomic E-state index is -0.729. The lowest BCUT2D eigenvalue weighted by molar-refractivity contribution is -0.149. The number of nitrogens with zero attached hydrogens (tertiary/aromatic N) is 1. The van der Waals surface area contributed by atoms with Gasteiger partial charge in [-0.2, -0.15) is 0 Å². The van der Waals surface area contributed by atoms with Crippen molar-refractivity contribution >= 4 is 18.2 Å². The Labute approximate surface area is 143 Å². The number of nitrogens with one attached hydrogen (secondary N) is 1. The lowest BCUT2D eigenvalue weighted by atomic mass is 10.1. The zero-order valence-electron chi connectivity index (χ0n) is 14.4. The summed E-state index contributed by atoms with van der Waals surface area (Å²) in [6.45, 7) is 2.47. The fourth-order valence-electron chi connectivity index (χ4n) is 2.36. The van der Waals surface area contributed by atoms with Crippen LogP contribution in [0.5, 0.6) is 0 Å². The molecule has 1 rings (SSSR count). The molecular formula is C18H26N2O4. The predicted molar refractivity (Wildman–Crippen MR) is 91.0 cm³/mol. The summed E-state index contributed by atoms with van der Waals surface area (Å²) in [5.74, 6) is -1.16. The Kier molecular flexibility index (Phi) is 9.38. The van der Waals surface area contributed by atoms with Crippen molar-refractivity contribution in [2.75, 3.05) is 13.7 Å². The van der Waals surface area contributed by atoms with E-state index in [1.54, 1.807) is 0 Å². The molecule has 1 amide bonds. The van der Waals surface area contributed by atoms with Crippen molar-refractivity contribution in [1.29, 1.82) is 0 Å². The summed E-state index contributed by atoms with van der Waals surface area (Å²) in [7, 11) is 1.30. The van der Waals surface area contributed by atoms with Crippen molar-refractivity contribution in [3.05, 3.63) is 35.9 Å². The maximum absolute atomic E-state index is 12.0. The Bertz CT molecular complexity index is 519. The van der Waals surface area contributed by atoms with E-state index in [-0.39, 0.29) is 6.29 Å². The Morgan fingerprint density at radius 1 is 1.21 bits per heavy atom. The molecule has 0 radical (unpaired) electrons. The number of carbonyl (C=O) groups is 3. The fourth-order valence-corrected chi connectivity index (χ4v) is 2.36. The van der Waals surface area contributed by atoms with E-state index in [0.717, 1.165) is 31.2 Å². The van der Waals surface area contributed by atoms with Crippen LogP contribution < -0.4 is 5.43 Å². The second-order valence-electron chi connectivity index (χ2n) is 5.56. The topological polar surface area (TPSA) is 75.7 Å². The van der Waals surface area contributed by atoms with Gasteiger partial charge in [-0.3, -0.25) is 19.4 Å². The van der Waals surface area contributed by atoms with E-state index in [1.165, 1.54) is 12.1 Å². The van der Waals surface area contributed by atoms with Gasteiger partial charge in [-0.1, -0.05) is 56.5 Å². The zero-order valence-corrected chi connectivity index (χ0v) is 14.4. The number of hydrogen-bond acceptors (Lipinski definition) is 5. The van der Waals surface area contributed by atoms with Crippen molar-refractivity contribution in [2.45, 2.75) is 45.1 Å². The Morgan fingerprint density at radius 3 is 2.50 bits per heavy atom. The van der Waals surface area contributed by atoms with Gasteiger partial charge in [0.25, 0.3) is 0 Å². The number of ether oxygens (including phenoxy) is 1. The standard InChI is InChI=1S/C18H26N2O4/c1-3-4-5-9-12-20(17(22)14-21)19-16(18(23)24-2)13-15-10-7-6-8-11-15/h6-8,10-11,14,16,19H,3-5,9,12-13H2,1-2H3/t16-/m0/s1. The first-order valence-corrected chi connectivity index (χ1v) is 8.27. The Balaban J connectivity index is 2.76. The maximum Gasteiger partial charge on any atom is 0.325 e. The molecule has 1 aromatic carbocycles. The highest BCUT2D eigenvalue weighted by Crippen LogP contribution is 2.07. The van der Waals surface area contributed by atoms with Crippen LogP contribution in [-0.2, 0) is 25.5 Å². The van der Waals surface area contributed by atoms with E-state index in [0.29, 0.717) is 13.0 Å². The van der Waals surface area contributed by atoms with Gasteiger partial charge in [0, 0.05) is 13.0 Å². The quantitative estimate of drug-likeness (QED) is 0.220. The van der Waals surface area contributed by atoms with Crippen LogP contribution in [0.15, 0.2) is 30.3 Å². The van der Waals surface area contributed by atoms with Crippen LogP contribution in [0.3, 0.4) is 0 Å². The van der Waals surface area contributed by atoms with E-state index in [1.807, 2.05) is 30.3 Å². The fraction of sp³-hybridized carbons (Fsp3) is 0.500. The number of unbranched alkanes of at least 4 members (excludes halogenated alkanes) is 3. The largest absolute Gasteiger partial charge is 0.468 e. The number of benzene rings is 1. The number of esters is 1. The molecule has 0 aromatic heterocycles. The second kappa shape index (κ2) is 11.3. The smallest absolute Gasteiger partial charge is 0.325 e. The van der Waals surface area contributed by atoms with Crippen LogP contribution in [0.25, 0.3) is 0 Å². The molecule has 0 heterocycles. The summed E-state index contributed by atoms with van der Waals surface area (Å²) < 4.78 is 4.81. The maximum atomic E-state index is 12.0. The third kappa shape index (κ3) is 6.91. The van der Waals surface area contributed by atoms with Crippen molar-refractivity contribution in [1.82, 2.24) is 10.4 Å². The molecule has 0 aliphatic heterocycles. The molecule has 0 saturated heterocycles. The average Bonchev–Trinajstić information content (AvgIpc) is 2.62. The second-order valence-corrected chi connectivity index (χ2v) is 5.56. The first kappa shape index (κ1) is 19.8. The SMILES string of the molecule is CCCCCCN(N[C@@H](Cc1ccccc1)C(=O)OC)C(=O)C=O. The summed E-state index contributed by atoms with van der Waals surface area (Å²) in [4.78, 5) is 34.7. The van der Waals surface area contributed by atoms with E-state index >= 15 is 0 Å². The number of hydrogen-bond donors (Lipinski definition) is 1. The molecule has 0 fully saturated rings. The highest BCUT2D eigenvalue weighted by Gasteiger charge is 2.24. The van der Waals surface area contributed by atoms with Gasteiger partial charge in [0.2, 0.25) is 6.29 Å². The number of aldehydes is 1. The van der Waals surface area contributed by atoms with E-state index in [9.17, 15) is 14.4 Å². The highest BCUT2D eigenvalue weighted by molar-refractivity contribution is 6.23. The van der Waals surface area contributed by atoms with Crippen molar-refractivity contribution in [3.8, 4) is 0 Å². The third-order valence-electron chi connectivity index (χ3n) is 3.68. The van der Waals surface area contributed by atoms with Gasteiger partial charge in [-0.05, 0) is 12.0 Å². The summed E-state index contributed by atoms with van der Waals surface area (Å²) in [6.07, 6.45) is 4.48. The van der Waals surface area contributed by atoms with Gasteiger partial charge in [-0.25, -0.2) is 5.43 Å². The van der Waals surface area contributed by atoms with E-state index < -0.39 is 17.9 Å². The molecule has 0 aliphatic rings. The van der Waals surface area contributed by atoms with Crippen LogP contribution in [0, 0.1) is 0 Å². The Morgan fingerprint density at radius 2 is 1.92 bits per heavy atom. The summed E-state index contributed by atoms with van der Waals surface area (Å²) in [5.41, 5.74) is 3.79.